The lowest BCUT2D eigenvalue weighted by atomic mass is 9.72. The minimum absolute atomic E-state index is 0.233. The first kappa shape index (κ1) is 21.2. The Hall–Kier alpha value is -1.55. The Kier molecular flexibility index (Phi) is 7.03. The predicted molar refractivity (Wildman–Crippen MR) is 113 cm³/mol. The van der Waals surface area contributed by atoms with Crippen molar-refractivity contribution < 1.29 is 14.6 Å². The van der Waals surface area contributed by atoms with Gasteiger partial charge in [0, 0.05) is 13.1 Å². The first-order chi connectivity index (χ1) is 13.3. The third-order valence-electron chi connectivity index (χ3n) is 6.70. The third kappa shape index (κ3) is 5.97. The highest BCUT2D eigenvalue weighted by molar-refractivity contribution is 5.66. The Bertz CT molecular complexity index is 626. The van der Waals surface area contributed by atoms with Gasteiger partial charge in [0.05, 0.1) is 12.5 Å². The molecule has 1 atom stereocenters. The molecule has 2 fully saturated rings. The van der Waals surface area contributed by atoms with Gasteiger partial charge in [-0.1, -0.05) is 32.9 Å². The van der Waals surface area contributed by atoms with Gasteiger partial charge in [-0.05, 0) is 80.0 Å². The van der Waals surface area contributed by atoms with Crippen LogP contribution in [0.5, 0.6) is 5.75 Å². The standard InChI is InChI=1S/C24H37NO3/c1-24(2,3)20-8-12-22(13-9-20)28-21-10-6-18(7-11-21)19-5-4-15-25(17-19)16-14-23(26)27/h6-7,10-11,19-20,22H,4-5,8-9,12-17H2,1-3H3,(H,26,27)/t19?,20-,22-. The van der Waals surface area contributed by atoms with Crippen LogP contribution in [0.25, 0.3) is 0 Å². The van der Waals surface area contributed by atoms with E-state index in [1.807, 2.05) is 0 Å². The zero-order valence-corrected chi connectivity index (χ0v) is 17.8. The Balaban J connectivity index is 1.49. The summed E-state index contributed by atoms with van der Waals surface area (Å²) >= 11 is 0. The van der Waals surface area contributed by atoms with Gasteiger partial charge in [-0.2, -0.15) is 0 Å². The predicted octanol–water partition coefficient (Wildman–Crippen LogP) is 5.32. The number of ether oxygens (including phenoxy) is 1. The number of piperidine rings is 1. The van der Waals surface area contributed by atoms with E-state index in [1.165, 1.54) is 24.8 Å². The Labute approximate surface area is 170 Å². The van der Waals surface area contributed by atoms with Gasteiger partial charge in [0.2, 0.25) is 0 Å². The maximum atomic E-state index is 10.8. The van der Waals surface area contributed by atoms with Crippen molar-refractivity contribution in [2.45, 2.75) is 77.7 Å². The number of rotatable bonds is 6. The lowest BCUT2D eigenvalue weighted by Crippen LogP contribution is -2.35. The van der Waals surface area contributed by atoms with Crippen molar-refractivity contribution in [1.29, 1.82) is 0 Å². The largest absolute Gasteiger partial charge is 0.490 e. The molecule has 1 aliphatic carbocycles. The molecule has 1 aliphatic heterocycles. The van der Waals surface area contributed by atoms with Crippen LogP contribution in [0.1, 0.15) is 77.2 Å². The Morgan fingerprint density at radius 1 is 1.11 bits per heavy atom. The molecule has 0 bridgehead atoms. The number of likely N-dealkylation sites (tertiary alicyclic amines) is 1. The Morgan fingerprint density at radius 3 is 2.39 bits per heavy atom. The highest BCUT2D eigenvalue weighted by atomic mass is 16.5. The van der Waals surface area contributed by atoms with Crippen LogP contribution in [-0.4, -0.2) is 41.7 Å². The molecule has 0 aromatic heterocycles. The van der Waals surface area contributed by atoms with E-state index in [1.54, 1.807) is 0 Å². The maximum absolute atomic E-state index is 10.8. The van der Waals surface area contributed by atoms with E-state index in [0.717, 1.165) is 44.0 Å². The summed E-state index contributed by atoms with van der Waals surface area (Å²) in [6.45, 7) is 9.69. The van der Waals surface area contributed by atoms with E-state index in [9.17, 15) is 4.79 Å². The fraction of sp³-hybridized carbons (Fsp3) is 0.708. The SMILES string of the molecule is CC(C)(C)[C@H]1CC[C@H](Oc2ccc(C3CCCN(CCC(=O)O)C3)cc2)CC1. The van der Waals surface area contributed by atoms with Crippen LogP contribution in [0.15, 0.2) is 24.3 Å². The monoisotopic (exact) mass is 387 g/mol. The van der Waals surface area contributed by atoms with Gasteiger partial charge in [-0.25, -0.2) is 0 Å². The number of carbonyl (C=O) groups is 1. The first-order valence-electron chi connectivity index (χ1n) is 11.0. The zero-order valence-electron chi connectivity index (χ0n) is 17.8. The summed E-state index contributed by atoms with van der Waals surface area (Å²) in [5.74, 6) is 1.59. The van der Waals surface area contributed by atoms with Gasteiger partial charge < -0.3 is 14.7 Å². The summed E-state index contributed by atoms with van der Waals surface area (Å²) in [5, 5.41) is 8.91. The van der Waals surface area contributed by atoms with E-state index in [-0.39, 0.29) is 6.42 Å². The lowest BCUT2D eigenvalue weighted by Gasteiger charge is -2.37. The molecule has 1 saturated carbocycles. The first-order valence-corrected chi connectivity index (χ1v) is 11.0. The molecule has 0 radical (unpaired) electrons. The fourth-order valence-corrected chi connectivity index (χ4v) is 4.84. The van der Waals surface area contributed by atoms with Crippen molar-refractivity contribution in [3.63, 3.8) is 0 Å². The molecule has 1 heterocycles. The van der Waals surface area contributed by atoms with Crippen molar-refractivity contribution >= 4 is 5.97 Å². The molecule has 4 nitrogen and oxygen atoms in total. The average Bonchev–Trinajstić information content (AvgIpc) is 2.67. The van der Waals surface area contributed by atoms with Gasteiger partial charge in [0.25, 0.3) is 0 Å². The van der Waals surface area contributed by atoms with E-state index in [2.05, 4.69) is 49.9 Å². The summed E-state index contributed by atoms with van der Waals surface area (Å²) in [6.07, 6.45) is 7.75. The van der Waals surface area contributed by atoms with E-state index in [4.69, 9.17) is 9.84 Å². The fourth-order valence-electron chi connectivity index (χ4n) is 4.84. The molecule has 1 unspecified atom stereocenters. The number of benzene rings is 1. The minimum Gasteiger partial charge on any atom is -0.490 e. The normalized spacial score (nSPS) is 26.8. The second-order valence-electron chi connectivity index (χ2n) is 9.81. The molecule has 2 aliphatic rings. The van der Waals surface area contributed by atoms with Crippen molar-refractivity contribution in [3.05, 3.63) is 29.8 Å². The quantitative estimate of drug-likeness (QED) is 0.717. The van der Waals surface area contributed by atoms with Crippen LogP contribution in [0.2, 0.25) is 0 Å². The molecule has 4 heteroatoms. The second kappa shape index (κ2) is 9.30. The highest BCUT2D eigenvalue weighted by Gasteiger charge is 2.30. The summed E-state index contributed by atoms with van der Waals surface area (Å²) in [5.41, 5.74) is 1.76. The molecule has 0 spiro atoms. The molecular formula is C24H37NO3. The zero-order chi connectivity index (χ0) is 20.1. The van der Waals surface area contributed by atoms with Crippen molar-refractivity contribution in [1.82, 2.24) is 4.90 Å². The molecule has 1 N–H and O–H groups in total. The molecule has 0 amide bonds. The number of carboxylic acids is 1. The number of carboxylic acid groups (broad SMARTS) is 1. The van der Waals surface area contributed by atoms with E-state index < -0.39 is 5.97 Å². The van der Waals surface area contributed by atoms with Crippen LogP contribution in [-0.2, 0) is 4.79 Å². The van der Waals surface area contributed by atoms with Crippen molar-refractivity contribution in [2.75, 3.05) is 19.6 Å². The highest BCUT2D eigenvalue weighted by Crippen LogP contribution is 2.39. The smallest absolute Gasteiger partial charge is 0.304 e. The van der Waals surface area contributed by atoms with Gasteiger partial charge in [-0.3, -0.25) is 4.79 Å². The minimum atomic E-state index is -0.708. The summed E-state index contributed by atoms with van der Waals surface area (Å²) in [4.78, 5) is 13.1. The van der Waals surface area contributed by atoms with Crippen molar-refractivity contribution in [3.8, 4) is 5.75 Å². The van der Waals surface area contributed by atoms with Crippen LogP contribution in [0.4, 0.5) is 0 Å². The van der Waals surface area contributed by atoms with E-state index >= 15 is 0 Å². The van der Waals surface area contributed by atoms with Gasteiger partial charge >= 0.3 is 5.97 Å². The third-order valence-corrected chi connectivity index (χ3v) is 6.70. The van der Waals surface area contributed by atoms with Crippen LogP contribution in [0, 0.1) is 11.3 Å². The van der Waals surface area contributed by atoms with Crippen LogP contribution in [0.3, 0.4) is 0 Å². The van der Waals surface area contributed by atoms with Gasteiger partial charge in [0.1, 0.15) is 5.75 Å². The number of hydrogen-bond donors (Lipinski definition) is 1. The molecule has 1 aromatic carbocycles. The topological polar surface area (TPSA) is 49.8 Å². The number of hydrogen-bond acceptors (Lipinski definition) is 3. The summed E-state index contributed by atoms with van der Waals surface area (Å²) in [7, 11) is 0. The molecular weight excluding hydrogens is 350 g/mol. The molecule has 3 rings (SSSR count). The van der Waals surface area contributed by atoms with Gasteiger partial charge in [0.15, 0.2) is 0 Å². The number of nitrogens with zero attached hydrogens (tertiary/aromatic N) is 1. The van der Waals surface area contributed by atoms with Gasteiger partial charge in [-0.15, -0.1) is 0 Å². The average molecular weight is 388 g/mol. The van der Waals surface area contributed by atoms with Crippen LogP contribution >= 0.6 is 0 Å². The molecule has 1 aromatic rings. The summed E-state index contributed by atoms with van der Waals surface area (Å²) < 4.78 is 6.27. The van der Waals surface area contributed by atoms with Crippen molar-refractivity contribution in [2.24, 2.45) is 11.3 Å². The molecule has 1 saturated heterocycles. The lowest BCUT2D eigenvalue weighted by molar-refractivity contribution is -0.137. The maximum Gasteiger partial charge on any atom is 0.304 e. The molecule has 28 heavy (non-hydrogen) atoms. The second-order valence-corrected chi connectivity index (χ2v) is 9.81. The van der Waals surface area contributed by atoms with Crippen LogP contribution < -0.4 is 4.74 Å². The van der Waals surface area contributed by atoms with E-state index in [0.29, 0.717) is 24.0 Å². The Morgan fingerprint density at radius 2 is 1.79 bits per heavy atom. The summed E-state index contributed by atoms with van der Waals surface area (Å²) in [6, 6.07) is 8.67. The number of aliphatic carboxylic acids is 1. The molecule has 156 valence electrons.